The second-order valence-corrected chi connectivity index (χ2v) is 7.69. The third-order valence-corrected chi connectivity index (χ3v) is 5.53. The molecule has 2 amide bonds. The topological polar surface area (TPSA) is 72.9 Å². The Morgan fingerprint density at radius 1 is 1.03 bits per heavy atom. The molecule has 9 heteroatoms. The van der Waals surface area contributed by atoms with E-state index in [1.807, 2.05) is 35.2 Å². The van der Waals surface area contributed by atoms with Crippen LogP contribution in [0.15, 0.2) is 54.6 Å². The number of nitrogens with zero attached hydrogens (tertiary/aromatic N) is 2. The summed E-state index contributed by atoms with van der Waals surface area (Å²) in [4.78, 5) is 25.8. The number of urea groups is 1. The van der Waals surface area contributed by atoms with Crippen molar-refractivity contribution in [3.8, 4) is 0 Å². The lowest BCUT2D eigenvalue weighted by Gasteiger charge is -2.43. The van der Waals surface area contributed by atoms with Crippen LogP contribution in [0.3, 0.4) is 0 Å². The summed E-state index contributed by atoms with van der Waals surface area (Å²) in [5.41, 5.74) is 3.60. The number of carboxylic acid groups (broad SMARTS) is 1. The normalized spacial score (nSPS) is 20.2. The molecule has 2 heterocycles. The number of hydrogen-bond acceptors (Lipinski definition) is 3. The number of para-hydroxylation sites is 1. The summed E-state index contributed by atoms with van der Waals surface area (Å²) >= 11 is 0. The third-order valence-electron chi connectivity index (χ3n) is 5.53. The van der Waals surface area contributed by atoms with E-state index in [1.54, 1.807) is 0 Å². The first kappa shape index (κ1) is 22.6. The molecule has 2 aliphatic rings. The van der Waals surface area contributed by atoms with Crippen LogP contribution in [0.1, 0.15) is 11.1 Å². The van der Waals surface area contributed by atoms with Crippen LogP contribution in [0.5, 0.6) is 0 Å². The SMILES string of the molecule is Cc1ccccc1CN1CC2CN(C(=O)Nc3ccccc3)CC21.O=C(O)C(F)(F)F. The molecule has 0 aliphatic carbocycles. The van der Waals surface area contributed by atoms with Gasteiger partial charge in [-0.05, 0) is 30.2 Å². The number of carbonyl (C=O) groups excluding carboxylic acids is 1. The number of benzene rings is 2. The number of carboxylic acids is 1. The van der Waals surface area contributed by atoms with Gasteiger partial charge < -0.3 is 15.3 Å². The Labute approximate surface area is 178 Å². The van der Waals surface area contributed by atoms with E-state index >= 15 is 0 Å². The summed E-state index contributed by atoms with van der Waals surface area (Å²) in [5, 5.41) is 10.1. The first-order valence-corrected chi connectivity index (χ1v) is 9.85. The van der Waals surface area contributed by atoms with Crippen molar-refractivity contribution in [3.63, 3.8) is 0 Å². The fourth-order valence-electron chi connectivity index (χ4n) is 3.82. The summed E-state index contributed by atoms with van der Waals surface area (Å²) in [7, 11) is 0. The lowest BCUT2D eigenvalue weighted by molar-refractivity contribution is -0.192. The number of likely N-dealkylation sites (tertiary alicyclic amines) is 2. The summed E-state index contributed by atoms with van der Waals surface area (Å²) < 4.78 is 31.7. The van der Waals surface area contributed by atoms with Gasteiger partial charge in [0.15, 0.2) is 0 Å². The van der Waals surface area contributed by atoms with E-state index in [0.717, 1.165) is 31.9 Å². The molecule has 2 fully saturated rings. The molecule has 2 aromatic rings. The van der Waals surface area contributed by atoms with Crippen molar-refractivity contribution in [3.05, 3.63) is 65.7 Å². The van der Waals surface area contributed by atoms with Crippen molar-refractivity contribution in [1.82, 2.24) is 9.80 Å². The summed E-state index contributed by atoms with van der Waals surface area (Å²) in [6.45, 7) is 5.94. The molecule has 2 aromatic carbocycles. The number of carbonyl (C=O) groups is 2. The molecule has 6 nitrogen and oxygen atoms in total. The summed E-state index contributed by atoms with van der Waals surface area (Å²) in [5.74, 6) is -2.14. The molecule has 2 unspecified atom stereocenters. The van der Waals surface area contributed by atoms with E-state index in [0.29, 0.717) is 12.0 Å². The Morgan fingerprint density at radius 3 is 2.26 bits per heavy atom. The fraction of sp³-hybridized carbons (Fsp3) is 0.364. The molecular formula is C22H24F3N3O3. The van der Waals surface area contributed by atoms with Crippen molar-refractivity contribution in [2.24, 2.45) is 5.92 Å². The van der Waals surface area contributed by atoms with Crippen LogP contribution in [-0.4, -0.2) is 58.8 Å². The highest BCUT2D eigenvalue weighted by atomic mass is 19.4. The number of halogens is 3. The zero-order valence-electron chi connectivity index (χ0n) is 17.0. The Morgan fingerprint density at radius 2 is 1.65 bits per heavy atom. The maximum absolute atomic E-state index is 12.4. The standard InChI is InChI=1S/C20H23N3O.C2HF3O2/c1-15-7-5-6-8-16(15)11-22-12-17-13-23(14-19(17)22)20(24)21-18-9-3-2-4-10-18;3-2(4,5)1(6)7/h2-10,17,19H,11-14H2,1H3,(H,21,24);(H,6,7). The molecule has 2 N–H and O–H groups in total. The van der Waals surface area contributed by atoms with Crippen LogP contribution in [0.2, 0.25) is 0 Å². The predicted octanol–water partition coefficient (Wildman–Crippen LogP) is 3.98. The molecule has 0 radical (unpaired) electrons. The smallest absolute Gasteiger partial charge is 0.475 e. The van der Waals surface area contributed by atoms with Gasteiger partial charge in [0.05, 0.1) is 0 Å². The lowest BCUT2D eigenvalue weighted by atomic mass is 9.91. The number of anilines is 1. The maximum Gasteiger partial charge on any atom is 0.490 e. The number of nitrogens with one attached hydrogen (secondary N) is 1. The summed E-state index contributed by atoms with van der Waals surface area (Å²) in [6.07, 6.45) is -5.08. The Hall–Kier alpha value is -3.07. The van der Waals surface area contributed by atoms with Crippen LogP contribution in [0.4, 0.5) is 23.7 Å². The van der Waals surface area contributed by atoms with E-state index in [4.69, 9.17) is 9.90 Å². The van der Waals surface area contributed by atoms with Crippen molar-refractivity contribution in [2.45, 2.75) is 25.7 Å². The monoisotopic (exact) mass is 435 g/mol. The first-order valence-electron chi connectivity index (χ1n) is 9.85. The van der Waals surface area contributed by atoms with Gasteiger partial charge in [-0.15, -0.1) is 0 Å². The number of aliphatic carboxylic acids is 1. The average molecular weight is 435 g/mol. The Bertz CT molecular complexity index is 921. The van der Waals surface area contributed by atoms with E-state index in [1.165, 1.54) is 11.1 Å². The van der Waals surface area contributed by atoms with Crippen LogP contribution < -0.4 is 5.32 Å². The van der Waals surface area contributed by atoms with Crippen molar-refractivity contribution < 1.29 is 27.9 Å². The van der Waals surface area contributed by atoms with Gasteiger partial charge >= 0.3 is 18.2 Å². The minimum atomic E-state index is -5.08. The van der Waals surface area contributed by atoms with Crippen LogP contribution >= 0.6 is 0 Å². The van der Waals surface area contributed by atoms with Crippen molar-refractivity contribution in [1.29, 1.82) is 0 Å². The van der Waals surface area contributed by atoms with Gasteiger partial charge in [0, 0.05) is 43.8 Å². The van der Waals surface area contributed by atoms with Gasteiger partial charge in [-0.3, -0.25) is 4.90 Å². The Balaban J connectivity index is 0.000000339. The number of hydrogen-bond donors (Lipinski definition) is 2. The van der Waals surface area contributed by atoms with Gasteiger partial charge in [-0.25, -0.2) is 9.59 Å². The predicted molar refractivity (Wildman–Crippen MR) is 110 cm³/mol. The van der Waals surface area contributed by atoms with Crippen LogP contribution in [-0.2, 0) is 11.3 Å². The molecule has 31 heavy (non-hydrogen) atoms. The number of alkyl halides is 3. The molecule has 0 bridgehead atoms. The second-order valence-electron chi connectivity index (χ2n) is 7.69. The van der Waals surface area contributed by atoms with Crippen LogP contribution in [0, 0.1) is 12.8 Å². The Kier molecular flexibility index (Phi) is 6.84. The highest BCUT2D eigenvalue weighted by Crippen LogP contribution is 2.34. The van der Waals surface area contributed by atoms with E-state index in [9.17, 15) is 18.0 Å². The van der Waals surface area contributed by atoms with Gasteiger partial charge in [-0.1, -0.05) is 42.5 Å². The van der Waals surface area contributed by atoms with E-state index in [2.05, 4.69) is 41.4 Å². The molecule has 4 rings (SSSR count). The number of amides is 2. The summed E-state index contributed by atoms with van der Waals surface area (Å²) in [6, 6.07) is 18.8. The van der Waals surface area contributed by atoms with Gasteiger partial charge in [0.1, 0.15) is 0 Å². The second kappa shape index (κ2) is 9.38. The molecule has 0 saturated carbocycles. The van der Waals surface area contributed by atoms with Crippen molar-refractivity contribution >= 4 is 17.7 Å². The number of aryl methyl sites for hydroxylation is 1. The van der Waals surface area contributed by atoms with E-state index < -0.39 is 12.1 Å². The minimum absolute atomic E-state index is 0.0199. The zero-order valence-corrected chi connectivity index (χ0v) is 17.0. The highest BCUT2D eigenvalue weighted by molar-refractivity contribution is 5.89. The number of rotatable bonds is 3. The molecule has 2 saturated heterocycles. The lowest BCUT2D eigenvalue weighted by Crippen LogP contribution is -2.54. The van der Waals surface area contributed by atoms with Crippen molar-refractivity contribution in [2.75, 3.05) is 25.0 Å². The molecule has 0 aromatic heterocycles. The van der Waals surface area contributed by atoms with Gasteiger partial charge in [0.2, 0.25) is 0 Å². The fourth-order valence-corrected chi connectivity index (χ4v) is 3.82. The average Bonchev–Trinajstić information content (AvgIpc) is 3.05. The highest BCUT2D eigenvalue weighted by Gasteiger charge is 2.46. The molecule has 2 atom stereocenters. The molecule has 2 aliphatic heterocycles. The molecule has 0 spiro atoms. The molecule has 166 valence electrons. The number of fused-ring (bicyclic) bond motifs is 1. The first-order chi connectivity index (χ1) is 14.6. The zero-order chi connectivity index (χ0) is 22.6. The maximum atomic E-state index is 12.4. The third kappa shape index (κ3) is 5.75. The largest absolute Gasteiger partial charge is 0.490 e. The molecular weight excluding hydrogens is 411 g/mol. The van der Waals surface area contributed by atoms with E-state index in [-0.39, 0.29) is 6.03 Å². The minimum Gasteiger partial charge on any atom is -0.475 e. The van der Waals surface area contributed by atoms with Gasteiger partial charge in [0.25, 0.3) is 0 Å². The quantitative estimate of drug-likeness (QED) is 0.765. The van der Waals surface area contributed by atoms with Crippen LogP contribution in [0.25, 0.3) is 0 Å². The van der Waals surface area contributed by atoms with Gasteiger partial charge in [-0.2, -0.15) is 13.2 Å².